The van der Waals surface area contributed by atoms with Crippen molar-refractivity contribution in [2.24, 2.45) is 5.73 Å². The number of aryl methyl sites for hydroxylation is 1. The summed E-state index contributed by atoms with van der Waals surface area (Å²) in [5.41, 5.74) is 8.87. The number of nitrogens with two attached hydrogens (primary N) is 1. The van der Waals surface area contributed by atoms with Gasteiger partial charge >= 0.3 is 0 Å². The predicted molar refractivity (Wildman–Crippen MR) is 114 cm³/mol. The zero-order valence-electron chi connectivity index (χ0n) is 16.7. The van der Waals surface area contributed by atoms with Crippen molar-refractivity contribution in [1.82, 2.24) is 10.2 Å². The Hall–Kier alpha value is -2.99. The molecular weight excluding hydrogens is 366 g/mol. The maximum atomic E-state index is 13.2. The Morgan fingerprint density at radius 3 is 2.48 bits per heavy atom. The fraction of sp³-hybridized carbons (Fsp3) is 0.348. The van der Waals surface area contributed by atoms with Crippen LogP contribution in [0.1, 0.15) is 24.8 Å². The van der Waals surface area contributed by atoms with Crippen LogP contribution in [0.3, 0.4) is 0 Å². The molecule has 2 rings (SSSR count). The van der Waals surface area contributed by atoms with Crippen molar-refractivity contribution < 1.29 is 14.4 Å². The molecule has 1 aromatic carbocycles. The molecule has 0 spiro atoms. The van der Waals surface area contributed by atoms with Crippen LogP contribution in [0.25, 0.3) is 0 Å². The molecule has 3 N–H and O–H groups in total. The van der Waals surface area contributed by atoms with Crippen LogP contribution in [0, 0.1) is 0 Å². The molecule has 29 heavy (non-hydrogen) atoms. The van der Waals surface area contributed by atoms with E-state index in [9.17, 15) is 14.4 Å². The van der Waals surface area contributed by atoms with Gasteiger partial charge in [-0.2, -0.15) is 0 Å². The van der Waals surface area contributed by atoms with Gasteiger partial charge in [0.1, 0.15) is 12.3 Å². The second kappa shape index (κ2) is 11.1. The normalized spacial score (nSPS) is 16.0. The van der Waals surface area contributed by atoms with Crippen molar-refractivity contribution in [3.8, 4) is 0 Å². The van der Waals surface area contributed by atoms with Gasteiger partial charge in [0.15, 0.2) is 0 Å². The number of benzene rings is 1. The lowest BCUT2D eigenvalue weighted by Gasteiger charge is -2.32. The molecule has 0 fully saturated rings. The molecule has 0 saturated carbocycles. The summed E-state index contributed by atoms with van der Waals surface area (Å²) in [6.07, 6.45) is 5.84. The highest BCUT2D eigenvalue weighted by Crippen LogP contribution is 2.21. The molecule has 0 bridgehead atoms. The van der Waals surface area contributed by atoms with Gasteiger partial charge in [0.25, 0.3) is 0 Å². The highest BCUT2D eigenvalue weighted by molar-refractivity contribution is 5.90. The largest absolute Gasteiger partial charge is 0.343 e. The van der Waals surface area contributed by atoms with Crippen molar-refractivity contribution >= 4 is 18.1 Å². The molecule has 0 radical (unpaired) electrons. The average Bonchev–Trinajstić information content (AvgIpc) is 2.76. The van der Waals surface area contributed by atoms with Crippen LogP contribution in [-0.4, -0.2) is 48.2 Å². The number of hydrogen-bond acceptors (Lipinski definition) is 4. The Kier molecular flexibility index (Phi) is 8.55. The summed E-state index contributed by atoms with van der Waals surface area (Å²) in [7, 11) is 0. The minimum atomic E-state index is -0.961. The van der Waals surface area contributed by atoms with E-state index >= 15 is 0 Å². The van der Waals surface area contributed by atoms with E-state index in [1.54, 1.807) is 17.1 Å². The summed E-state index contributed by atoms with van der Waals surface area (Å²) in [4.78, 5) is 38.0. The average molecular weight is 396 g/mol. The van der Waals surface area contributed by atoms with Gasteiger partial charge in [0, 0.05) is 19.5 Å². The number of hydrogen-bond donors (Lipinski definition) is 2. The molecule has 1 heterocycles. The van der Waals surface area contributed by atoms with Gasteiger partial charge < -0.3 is 20.7 Å². The SMILES string of the molecule is C=CC1=C(C=C)CN(C(=O)C(CCc2ccccc2)NC(=O)C(N)CC=O)CC1. The van der Waals surface area contributed by atoms with Gasteiger partial charge in [0.2, 0.25) is 11.8 Å². The first-order chi connectivity index (χ1) is 14.0. The fourth-order valence-corrected chi connectivity index (χ4v) is 3.34. The van der Waals surface area contributed by atoms with Crippen LogP contribution in [0.15, 0.2) is 66.8 Å². The van der Waals surface area contributed by atoms with Gasteiger partial charge in [-0.25, -0.2) is 0 Å². The van der Waals surface area contributed by atoms with E-state index in [4.69, 9.17) is 5.73 Å². The number of amides is 2. The Labute approximate surface area is 172 Å². The quantitative estimate of drug-likeness (QED) is 0.592. The predicted octanol–water partition coefficient (Wildman–Crippen LogP) is 1.92. The van der Waals surface area contributed by atoms with Crippen molar-refractivity contribution in [1.29, 1.82) is 0 Å². The first-order valence-electron chi connectivity index (χ1n) is 9.79. The molecule has 2 amide bonds. The lowest BCUT2D eigenvalue weighted by molar-refractivity contribution is -0.136. The fourth-order valence-electron chi connectivity index (χ4n) is 3.34. The molecule has 6 nitrogen and oxygen atoms in total. The minimum Gasteiger partial charge on any atom is -0.343 e. The van der Waals surface area contributed by atoms with Gasteiger partial charge in [-0.3, -0.25) is 9.59 Å². The van der Waals surface area contributed by atoms with E-state index < -0.39 is 18.0 Å². The molecule has 154 valence electrons. The van der Waals surface area contributed by atoms with Crippen molar-refractivity contribution in [2.45, 2.75) is 37.8 Å². The first-order valence-corrected chi connectivity index (χ1v) is 9.79. The summed E-state index contributed by atoms with van der Waals surface area (Å²) in [5, 5.41) is 2.75. The Morgan fingerprint density at radius 1 is 1.17 bits per heavy atom. The maximum absolute atomic E-state index is 13.2. The highest BCUT2D eigenvalue weighted by Gasteiger charge is 2.29. The number of carbonyl (C=O) groups is 3. The summed E-state index contributed by atoms with van der Waals surface area (Å²) < 4.78 is 0. The first kappa shape index (κ1) is 22.3. The van der Waals surface area contributed by atoms with E-state index in [0.29, 0.717) is 38.6 Å². The maximum Gasteiger partial charge on any atom is 0.245 e. The monoisotopic (exact) mass is 395 g/mol. The minimum absolute atomic E-state index is 0.0822. The number of rotatable bonds is 10. The molecule has 1 aliphatic rings. The van der Waals surface area contributed by atoms with E-state index in [1.807, 2.05) is 30.3 Å². The third kappa shape index (κ3) is 6.26. The standard InChI is InChI=1S/C23H29N3O3/c1-3-18-12-14-26(16-19(18)4-2)23(29)21(25-22(28)20(24)13-15-27)11-10-17-8-6-5-7-9-17/h3-9,15,20-21H,1-2,10-14,16,24H2,(H,25,28). The smallest absolute Gasteiger partial charge is 0.245 e. The third-order valence-corrected chi connectivity index (χ3v) is 5.10. The Balaban J connectivity index is 2.14. The van der Waals surface area contributed by atoms with Crippen LogP contribution < -0.4 is 11.1 Å². The van der Waals surface area contributed by atoms with Crippen LogP contribution >= 0.6 is 0 Å². The summed E-state index contributed by atoms with van der Waals surface area (Å²) in [6, 6.07) is 8.10. The topological polar surface area (TPSA) is 92.5 Å². The molecule has 6 heteroatoms. The summed E-state index contributed by atoms with van der Waals surface area (Å²) >= 11 is 0. The molecular formula is C23H29N3O3. The molecule has 0 aliphatic carbocycles. The molecule has 0 aromatic heterocycles. The molecule has 2 unspecified atom stereocenters. The Morgan fingerprint density at radius 2 is 1.86 bits per heavy atom. The van der Waals surface area contributed by atoms with Gasteiger partial charge in [-0.15, -0.1) is 0 Å². The second-order valence-corrected chi connectivity index (χ2v) is 7.06. The van der Waals surface area contributed by atoms with Gasteiger partial charge in [-0.1, -0.05) is 55.6 Å². The zero-order valence-corrected chi connectivity index (χ0v) is 16.7. The van der Waals surface area contributed by atoms with Gasteiger partial charge in [-0.05, 0) is 36.0 Å². The lowest BCUT2D eigenvalue weighted by atomic mass is 9.98. The molecule has 1 aliphatic heterocycles. The second-order valence-electron chi connectivity index (χ2n) is 7.06. The third-order valence-electron chi connectivity index (χ3n) is 5.10. The highest BCUT2D eigenvalue weighted by atomic mass is 16.2. The van der Waals surface area contributed by atoms with E-state index in [0.717, 1.165) is 16.7 Å². The van der Waals surface area contributed by atoms with Crippen LogP contribution in [0.5, 0.6) is 0 Å². The van der Waals surface area contributed by atoms with Crippen molar-refractivity contribution in [2.75, 3.05) is 13.1 Å². The number of aldehydes is 1. The lowest BCUT2D eigenvalue weighted by Crippen LogP contribution is -2.53. The number of nitrogens with zero attached hydrogens (tertiary/aromatic N) is 1. The molecule has 1 aromatic rings. The van der Waals surface area contributed by atoms with Gasteiger partial charge in [0.05, 0.1) is 6.04 Å². The van der Waals surface area contributed by atoms with Crippen molar-refractivity contribution in [3.05, 3.63) is 72.4 Å². The number of nitrogens with one attached hydrogen (secondary N) is 1. The van der Waals surface area contributed by atoms with Crippen LogP contribution in [0.2, 0.25) is 0 Å². The summed E-state index contributed by atoms with van der Waals surface area (Å²) in [5.74, 6) is -0.651. The zero-order chi connectivity index (χ0) is 21.2. The van der Waals surface area contributed by atoms with Crippen molar-refractivity contribution in [3.63, 3.8) is 0 Å². The van der Waals surface area contributed by atoms with E-state index in [-0.39, 0.29) is 12.3 Å². The van der Waals surface area contributed by atoms with E-state index in [1.165, 1.54) is 0 Å². The van der Waals surface area contributed by atoms with Crippen LogP contribution in [0.4, 0.5) is 0 Å². The van der Waals surface area contributed by atoms with Crippen LogP contribution in [-0.2, 0) is 20.8 Å². The molecule has 2 atom stereocenters. The summed E-state index contributed by atoms with van der Waals surface area (Å²) in [6.45, 7) is 8.63. The van der Waals surface area contributed by atoms with E-state index in [2.05, 4.69) is 18.5 Å². The Bertz CT molecular complexity index is 786. The number of allylic oxidation sites excluding steroid dienone is 1. The molecule has 0 saturated heterocycles. The number of carbonyl (C=O) groups excluding carboxylic acids is 3.